The van der Waals surface area contributed by atoms with Gasteiger partial charge >= 0.3 is 118 Å². The van der Waals surface area contributed by atoms with Gasteiger partial charge in [-0.25, -0.2) is 0 Å². The van der Waals surface area contributed by atoms with Crippen LogP contribution in [0.2, 0.25) is 0 Å². The Morgan fingerprint density at radius 3 is 2.50 bits per heavy atom. The number of carbonyl (C=O) groups is 2. The number of amides is 1. The molecule has 1 amide bonds. The molecule has 0 aromatic heterocycles. The van der Waals surface area contributed by atoms with Gasteiger partial charge < -0.3 is 0 Å². The summed E-state index contributed by atoms with van der Waals surface area (Å²) in [5.41, 5.74) is -0.586. The van der Waals surface area contributed by atoms with Crippen LogP contribution in [0.4, 0.5) is 4.79 Å². The third-order valence-corrected chi connectivity index (χ3v) is 5.89. The van der Waals surface area contributed by atoms with Gasteiger partial charge in [0.2, 0.25) is 0 Å². The van der Waals surface area contributed by atoms with Crippen LogP contribution < -0.4 is 26.5 Å². The van der Waals surface area contributed by atoms with Crippen LogP contribution in [-0.2, 0) is 14.3 Å². The molecule has 1 saturated heterocycles. The van der Waals surface area contributed by atoms with Gasteiger partial charge in [0.05, 0.1) is 0 Å². The summed E-state index contributed by atoms with van der Waals surface area (Å²) in [6.45, 7) is 11.0. The average Bonchev–Trinajstić information content (AvgIpc) is 2.90. The summed E-state index contributed by atoms with van der Waals surface area (Å²) in [5.74, 6) is -0.381. The van der Waals surface area contributed by atoms with Gasteiger partial charge in [-0.3, -0.25) is 0 Å². The molecule has 6 heteroatoms. The quantitative estimate of drug-likeness (QED) is 0.214. The fourth-order valence-electron chi connectivity index (χ4n) is 1.35. The Balaban J connectivity index is 2.68. The molecule has 1 rings (SSSR count). The van der Waals surface area contributed by atoms with Gasteiger partial charge in [-0.1, -0.05) is 0 Å². The van der Waals surface area contributed by atoms with Crippen LogP contribution in [0, 0.1) is 0 Å². The molecule has 0 aromatic carbocycles. The monoisotopic (exact) mass is 368 g/mol. The number of alkyl halides is 2. The molecular formula is C12H19INO4-. The van der Waals surface area contributed by atoms with Crippen LogP contribution in [0.15, 0.2) is 12.7 Å². The van der Waals surface area contributed by atoms with E-state index in [2.05, 4.69) is 11.9 Å². The number of carbonyl (C=O) groups excluding carboxylic acids is 2. The van der Waals surface area contributed by atoms with Gasteiger partial charge in [0.25, 0.3) is 0 Å². The van der Waals surface area contributed by atoms with Gasteiger partial charge in [0.1, 0.15) is 0 Å². The van der Waals surface area contributed by atoms with Gasteiger partial charge in [0.15, 0.2) is 0 Å². The molecule has 1 aliphatic heterocycles. The Kier molecular flexibility index (Phi) is 4.63. The van der Waals surface area contributed by atoms with Gasteiger partial charge in [-0.15, -0.1) is 0 Å². The number of hydrogen-bond donors (Lipinski definition) is 1. The zero-order valence-corrected chi connectivity index (χ0v) is 13.2. The van der Waals surface area contributed by atoms with E-state index in [9.17, 15) is 9.59 Å². The molecule has 0 saturated carbocycles. The van der Waals surface area contributed by atoms with Crippen molar-refractivity contribution < 1.29 is 40.3 Å². The van der Waals surface area contributed by atoms with Crippen LogP contribution in [-0.4, -0.2) is 31.7 Å². The number of rotatable bonds is 4. The first-order valence-corrected chi connectivity index (χ1v) is 8.03. The zero-order chi connectivity index (χ0) is 14.0. The van der Waals surface area contributed by atoms with Crippen molar-refractivity contribution in [2.24, 2.45) is 0 Å². The van der Waals surface area contributed by atoms with E-state index in [1.807, 2.05) is 0 Å². The Labute approximate surface area is 118 Å². The maximum atomic E-state index is 11.9. The first kappa shape index (κ1) is 15.3. The minimum absolute atomic E-state index is 0.0165. The van der Waals surface area contributed by atoms with Crippen LogP contribution in [0.5, 0.6) is 0 Å². The van der Waals surface area contributed by atoms with Crippen molar-refractivity contribution in [3.63, 3.8) is 0 Å². The second kappa shape index (κ2) is 5.46. The number of nitrogens with one attached hydrogen (secondary N) is 1. The topological polar surface area (TPSA) is 64.6 Å². The van der Waals surface area contributed by atoms with Crippen LogP contribution in [0.1, 0.15) is 27.7 Å². The molecule has 5 nitrogen and oxygen atoms in total. The third kappa shape index (κ3) is 3.60. The van der Waals surface area contributed by atoms with E-state index in [-0.39, 0.29) is 9.89 Å². The number of halogens is 1. The molecule has 0 aromatic rings. The van der Waals surface area contributed by atoms with E-state index in [0.717, 1.165) is 0 Å². The summed E-state index contributed by atoms with van der Waals surface area (Å²) >= 11 is -0.512. The molecule has 1 aliphatic rings. The summed E-state index contributed by atoms with van der Waals surface area (Å²) in [7, 11) is 0. The van der Waals surface area contributed by atoms with Crippen LogP contribution in [0.25, 0.3) is 0 Å². The second-order valence-electron chi connectivity index (χ2n) is 4.81. The second-order valence-corrected chi connectivity index (χ2v) is 8.47. The third-order valence-electron chi connectivity index (χ3n) is 2.08. The Morgan fingerprint density at radius 1 is 1.50 bits per heavy atom. The van der Waals surface area contributed by atoms with E-state index in [1.54, 1.807) is 33.8 Å². The normalized spacial score (nSPS) is 26.6. The van der Waals surface area contributed by atoms with Gasteiger partial charge in [-0.2, -0.15) is 0 Å². The summed E-state index contributed by atoms with van der Waals surface area (Å²) in [4.78, 5) is 23.6. The van der Waals surface area contributed by atoms with Crippen molar-refractivity contribution in [1.82, 2.24) is 5.32 Å². The zero-order valence-electron chi connectivity index (χ0n) is 11.1. The molecular weight excluding hydrogens is 349 g/mol. The first-order valence-electron chi connectivity index (χ1n) is 5.70. The molecule has 1 fully saturated rings. The van der Waals surface area contributed by atoms with E-state index in [1.165, 1.54) is 0 Å². The number of alkyl carbamates (subject to hydrolysis) is 1. The van der Waals surface area contributed by atoms with Crippen LogP contribution in [0.3, 0.4) is 0 Å². The summed E-state index contributed by atoms with van der Waals surface area (Å²) < 4.78 is 9.30. The Hall–Kier alpha value is -0.790. The molecule has 0 bridgehead atoms. The molecule has 18 heavy (non-hydrogen) atoms. The SMILES string of the molecule is C=C[C@@H]1[I-][C@]1(NC(=O)OC(C)(C)C)C(=O)OCC. The van der Waals surface area contributed by atoms with E-state index in [0.29, 0.717) is 6.61 Å². The Bertz CT molecular complexity index is 364. The first-order chi connectivity index (χ1) is 8.25. The minimum atomic E-state index is -0.876. The average molecular weight is 368 g/mol. The van der Waals surface area contributed by atoms with Gasteiger partial charge in [-0.05, 0) is 0 Å². The van der Waals surface area contributed by atoms with Crippen molar-refractivity contribution in [2.75, 3.05) is 6.61 Å². The molecule has 104 valence electrons. The Morgan fingerprint density at radius 2 is 2.11 bits per heavy atom. The summed E-state index contributed by atoms with van der Waals surface area (Å²) in [6, 6.07) is 0. The van der Waals surface area contributed by atoms with Crippen molar-refractivity contribution in [3.05, 3.63) is 12.7 Å². The van der Waals surface area contributed by atoms with E-state index >= 15 is 0 Å². The molecule has 0 radical (unpaired) electrons. The van der Waals surface area contributed by atoms with Crippen molar-refractivity contribution in [2.45, 2.75) is 40.8 Å². The van der Waals surface area contributed by atoms with Crippen molar-refractivity contribution >= 4 is 12.1 Å². The van der Waals surface area contributed by atoms with Crippen LogP contribution >= 0.6 is 0 Å². The molecule has 1 N–H and O–H groups in total. The summed E-state index contributed by atoms with van der Waals surface area (Å²) in [5, 5.41) is 2.65. The summed E-state index contributed by atoms with van der Waals surface area (Å²) in [6.07, 6.45) is 1.11. The van der Waals surface area contributed by atoms with Crippen molar-refractivity contribution in [3.8, 4) is 0 Å². The molecule has 1 heterocycles. The fourth-order valence-corrected chi connectivity index (χ4v) is 3.94. The number of hydrogen-bond acceptors (Lipinski definition) is 4. The van der Waals surface area contributed by atoms with E-state index in [4.69, 9.17) is 9.47 Å². The maximum absolute atomic E-state index is 11.9. The number of esters is 1. The fraction of sp³-hybridized carbons (Fsp3) is 0.667. The van der Waals surface area contributed by atoms with Crippen molar-refractivity contribution in [1.29, 1.82) is 0 Å². The van der Waals surface area contributed by atoms with Gasteiger partial charge in [0, 0.05) is 0 Å². The standard InChI is InChI=1S/C12H19INO4/c1-6-8-12(13-8,9(15)17-7-2)14-10(16)18-11(3,4)5/h6,8H,1,7H2,2-5H3,(H,14,16)/q-1/t8-,12+/m0/s1. The predicted octanol–water partition coefficient (Wildman–Crippen LogP) is -1.57. The van der Waals surface area contributed by atoms with E-state index < -0.39 is 36.4 Å². The molecule has 0 unspecified atom stereocenters. The molecule has 0 aliphatic carbocycles. The number of ether oxygens (including phenoxy) is 2. The molecule has 2 atom stereocenters. The molecule has 0 spiro atoms. The predicted molar refractivity (Wildman–Crippen MR) is 62.7 cm³/mol.